The summed E-state index contributed by atoms with van der Waals surface area (Å²) in [5.74, 6) is -0.762. The van der Waals surface area contributed by atoms with Crippen molar-refractivity contribution in [2.45, 2.75) is 97.6 Å². The molecule has 2 saturated carbocycles. The smallest absolute Gasteiger partial charge is 0.341 e. The fraction of sp³-hybridized carbons (Fsp3) is 0.773. The molecule has 0 aromatic carbocycles. The SMILES string of the molecule is CC(=O)O[C@@]1(C)[C@@H]2CC(=C(C)C)C(=O)C[C@@]2(C)CC[C@H]1OC(=O)[C@@]1(C)O[C@@H]1C. The number of ether oxygens (including phenoxy) is 3. The van der Waals surface area contributed by atoms with Gasteiger partial charge in [-0.25, -0.2) is 4.79 Å². The molecular weight excluding hydrogens is 360 g/mol. The van der Waals surface area contributed by atoms with Crippen LogP contribution < -0.4 is 0 Å². The van der Waals surface area contributed by atoms with Crippen molar-refractivity contribution in [1.29, 1.82) is 0 Å². The van der Waals surface area contributed by atoms with E-state index in [2.05, 4.69) is 6.92 Å². The first-order valence-corrected chi connectivity index (χ1v) is 10.1. The van der Waals surface area contributed by atoms with Gasteiger partial charge in [0.15, 0.2) is 11.4 Å². The first-order valence-electron chi connectivity index (χ1n) is 10.1. The van der Waals surface area contributed by atoms with Crippen molar-refractivity contribution < 1.29 is 28.6 Å². The lowest BCUT2D eigenvalue weighted by Crippen LogP contribution is -2.62. The zero-order valence-electron chi connectivity index (χ0n) is 18.0. The van der Waals surface area contributed by atoms with Gasteiger partial charge in [0.05, 0.1) is 6.10 Å². The number of Topliss-reactive ketones (excluding diaryl/α,β-unsaturated/α-hetero) is 1. The van der Waals surface area contributed by atoms with Crippen molar-refractivity contribution in [3.63, 3.8) is 0 Å². The molecule has 6 heteroatoms. The van der Waals surface area contributed by atoms with Gasteiger partial charge in [0.25, 0.3) is 0 Å². The van der Waals surface area contributed by atoms with Gasteiger partial charge >= 0.3 is 11.9 Å². The van der Waals surface area contributed by atoms with Crippen molar-refractivity contribution in [1.82, 2.24) is 0 Å². The fourth-order valence-electron chi connectivity index (χ4n) is 5.19. The topological polar surface area (TPSA) is 82.2 Å². The molecule has 0 radical (unpaired) electrons. The number of esters is 2. The molecule has 1 heterocycles. The highest BCUT2D eigenvalue weighted by molar-refractivity contribution is 5.97. The first-order chi connectivity index (χ1) is 12.8. The Morgan fingerprint density at radius 1 is 1.14 bits per heavy atom. The molecule has 3 rings (SSSR count). The Balaban J connectivity index is 1.95. The summed E-state index contributed by atoms with van der Waals surface area (Å²) in [5.41, 5.74) is -0.422. The molecule has 6 nitrogen and oxygen atoms in total. The highest BCUT2D eigenvalue weighted by Gasteiger charge is 2.63. The average molecular weight is 392 g/mol. The molecule has 0 bridgehead atoms. The fourth-order valence-corrected chi connectivity index (χ4v) is 5.19. The van der Waals surface area contributed by atoms with Crippen molar-refractivity contribution in [3.8, 4) is 0 Å². The molecule has 0 N–H and O–H groups in total. The minimum absolute atomic E-state index is 0.108. The molecule has 0 aromatic rings. The maximum absolute atomic E-state index is 12.7. The maximum atomic E-state index is 12.7. The lowest BCUT2D eigenvalue weighted by molar-refractivity contribution is -0.219. The minimum Gasteiger partial charge on any atom is -0.456 e. The zero-order chi connectivity index (χ0) is 21.1. The molecule has 3 fully saturated rings. The van der Waals surface area contributed by atoms with Gasteiger partial charge in [-0.15, -0.1) is 0 Å². The van der Waals surface area contributed by atoms with E-state index in [1.807, 2.05) is 27.7 Å². The molecule has 0 aromatic heterocycles. The van der Waals surface area contributed by atoms with E-state index in [0.29, 0.717) is 19.3 Å². The second-order valence-corrected chi connectivity index (χ2v) is 9.57. The molecule has 3 aliphatic rings. The van der Waals surface area contributed by atoms with Gasteiger partial charge in [-0.2, -0.15) is 0 Å². The lowest BCUT2D eigenvalue weighted by atomic mass is 9.53. The molecule has 0 spiro atoms. The number of hydrogen-bond donors (Lipinski definition) is 0. The van der Waals surface area contributed by atoms with Crippen LogP contribution in [0.5, 0.6) is 0 Å². The standard InChI is InChI=1S/C22H32O6/c1-12(2)15-10-17-20(5,11-16(15)24)9-8-18(22(17,7)28-14(4)23)26-19(25)21(6)13(3)27-21/h13,17-18H,8-11H2,1-7H3/t13-,17-,18-,20-,21+,22+/m1/s1. The predicted molar refractivity (Wildman–Crippen MR) is 102 cm³/mol. The number of rotatable bonds is 3. The molecular formula is C22H32O6. The van der Waals surface area contributed by atoms with Gasteiger partial charge < -0.3 is 14.2 Å². The summed E-state index contributed by atoms with van der Waals surface area (Å²) in [6, 6.07) is 0. The predicted octanol–water partition coefficient (Wildman–Crippen LogP) is 3.51. The molecule has 28 heavy (non-hydrogen) atoms. The number of epoxide rings is 1. The Morgan fingerprint density at radius 2 is 1.75 bits per heavy atom. The number of carbonyl (C=O) groups is 3. The Bertz CT molecular complexity index is 750. The normalized spacial score (nSPS) is 42.5. The van der Waals surface area contributed by atoms with E-state index in [1.54, 1.807) is 6.92 Å². The minimum atomic E-state index is -0.996. The molecule has 156 valence electrons. The summed E-state index contributed by atoms with van der Waals surface area (Å²) < 4.78 is 17.2. The maximum Gasteiger partial charge on any atom is 0.341 e. The third-order valence-electron chi connectivity index (χ3n) is 7.22. The second-order valence-electron chi connectivity index (χ2n) is 9.57. The van der Waals surface area contributed by atoms with Crippen LogP contribution in [0.15, 0.2) is 11.1 Å². The number of allylic oxidation sites excluding steroid dienone is 2. The van der Waals surface area contributed by atoms with Gasteiger partial charge in [0.1, 0.15) is 11.7 Å². The molecule has 6 atom stereocenters. The summed E-state index contributed by atoms with van der Waals surface area (Å²) in [6.45, 7) is 12.7. The Kier molecular flexibility index (Phi) is 5.02. The number of fused-ring (bicyclic) bond motifs is 1. The van der Waals surface area contributed by atoms with Crippen LogP contribution in [0.3, 0.4) is 0 Å². The number of hydrogen-bond acceptors (Lipinski definition) is 6. The van der Waals surface area contributed by atoms with E-state index in [-0.39, 0.29) is 23.2 Å². The third kappa shape index (κ3) is 3.30. The van der Waals surface area contributed by atoms with Crippen molar-refractivity contribution >= 4 is 17.7 Å². The van der Waals surface area contributed by atoms with E-state index < -0.39 is 29.2 Å². The summed E-state index contributed by atoms with van der Waals surface area (Å²) in [7, 11) is 0. The van der Waals surface area contributed by atoms with Crippen LogP contribution in [0.1, 0.15) is 74.1 Å². The quantitative estimate of drug-likeness (QED) is 0.415. The summed E-state index contributed by atoms with van der Waals surface area (Å²) in [4.78, 5) is 37.4. The van der Waals surface area contributed by atoms with Crippen LogP contribution in [0.2, 0.25) is 0 Å². The lowest BCUT2D eigenvalue weighted by Gasteiger charge is -2.56. The molecule has 0 amide bonds. The Morgan fingerprint density at radius 3 is 2.25 bits per heavy atom. The Hall–Kier alpha value is -1.69. The van der Waals surface area contributed by atoms with Crippen LogP contribution in [-0.4, -0.2) is 41.1 Å². The van der Waals surface area contributed by atoms with E-state index in [4.69, 9.17) is 14.2 Å². The van der Waals surface area contributed by atoms with E-state index in [1.165, 1.54) is 6.92 Å². The van der Waals surface area contributed by atoms with Crippen molar-refractivity contribution in [3.05, 3.63) is 11.1 Å². The highest BCUT2D eigenvalue weighted by Crippen LogP contribution is 2.57. The van der Waals surface area contributed by atoms with Gasteiger partial charge in [-0.1, -0.05) is 12.5 Å². The third-order valence-corrected chi connectivity index (χ3v) is 7.22. The van der Waals surface area contributed by atoms with Crippen LogP contribution in [-0.2, 0) is 28.6 Å². The van der Waals surface area contributed by atoms with Crippen molar-refractivity contribution in [2.24, 2.45) is 11.3 Å². The van der Waals surface area contributed by atoms with Gasteiger partial charge in [0.2, 0.25) is 0 Å². The largest absolute Gasteiger partial charge is 0.456 e. The van der Waals surface area contributed by atoms with E-state index in [0.717, 1.165) is 17.6 Å². The van der Waals surface area contributed by atoms with Crippen LogP contribution >= 0.6 is 0 Å². The number of carbonyl (C=O) groups excluding carboxylic acids is 3. The first kappa shape index (κ1) is 21.0. The summed E-state index contributed by atoms with van der Waals surface area (Å²) in [6.07, 6.45) is 1.49. The van der Waals surface area contributed by atoms with Gasteiger partial charge in [-0.3, -0.25) is 9.59 Å². The average Bonchev–Trinajstić information content (AvgIpc) is 3.17. The monoisotopic (exact) mass is 392 g/mol. The highest BCUT2D eigenvalue weighted by atomic mass is 16.7. The van der Waals surface area contributed by atoms with Crippen LogP contribution in [0, 0.1) is 11.3 Å². The summed E-state index contributed by atoms with van der Waals surface area (Å²) >= 11 is 0. The van der Waals surface area contributed by atoms with Crippen LogP contribution in [0.4, 0.5) is 0 Å². The van der Waals surface area contributed by atoms with Gasteiger partial charge in [0, 0.05) is 19.3 Å². The molecule has 1 aliphatic heterocycles. The molecule has 0 unspecified atom stereocenters. The van der Waals surface area contributed by atoms with Crippen LogP contribution in [0.25, 0.3) is 0 Å². The van der Waals surface area contributed by atoms with E-state index >= 15 is 0 Å². The molecule has 1 saturated heterocycles. The Labute approximate surface area is 167 Å². The number of ketones is 1. The molecule has 2 aliphatic carbocycles. The summed E-state index contributed by atoms with van der Waals surface area (Å²) in [5, 5.41) is 0. The van der Waals surface area contributed by atoms with Crippen molar-refractivity contribution in [2.75, 3.05) is 0 Å². The zero-order valence-corrected chi connectivity index (χ0v) is 18.0. The second kappa shape index (κ2) is 6.68. The van der Waals surface area contributed by atoms with Gasteiger partial charge in [-0.05, 0) is 64.9 Å². The van der Waals surface area contributed by atoms with E-state index in [9.17, 15) is 14.4 Å².